The van der Waals surface area contributed by atoms with Crippen LogP contribution in [-0.4, -0.2) is 15.7 Å². The highest BCUT2D eigenvalue weighted by Gasteiger charge is 2.34. The molecule has 2 aromatic heterocycles. The minimum atomic E-state index is -4.50. The molecule has 1 aromatic carbocycles. The summed E-state index contributed by atoms with van der Waals surface area (Å²) in [5.41, 5.74) is -0.155. The molecule has 124 valence electrons. The molecule has 4 nitrogen and oxygen atoms in total. The third-order valence-electron chi connectivity index (χ3n) is 3.37. The fourth-order valence-electron chi connectivity index (χ4n) is 2.32. The van der Waals surface area contributed by atoms with Crippen LogP contribution in [0.2, 0.25) is 0 Å². The first-order valence-corrected chi connectivity index (χ1v) is 7.84. The van der Waals surface area contributed by atoms with E-state index >= 15 is 0 Å². The van der Waals surface area contributed by atoms with Crippen LogP contribution < -0.4 is 5.32 Å². The van der Waals surface area contributed by atoms with Crippen molar-refractivity contribution in [2.75, 3.05) is 5.32 Å². The van der Waals surface area contributed by atoms with Crippen LogP contribution in [0.4, 0.5) is 19.0 Å². The molecule has 0 spiro atoms. The predicted molar refractivity (Wildman–Crippen MR) is 85.9 cm³/mol. The lowest BCUT2D eigenvalue weighted by molar-refractivity contribution is -0.137. The van der Waals surface area contributed by atoms with Gasteiger partial charge in [-0.1, -0.05) is 18.2 Å². The number of nitrogens with zero attached hydrogens (tertiary/aromatic N) is 2. The summed E-state index contributed by atoms with van der Waals surface area (Å²) in [5.74, 6) is -0.328. The molecule has 1 N–H and O–H groups in total. The van der Waals surface area contributed by atoms with E-state index < -0.39 is 17.6 Å². The van der Waals surface area contributed by atoms with Gasteiger partial charge in [0.2, 0.25) is 0 Å². The summed E-state index contributed by atoms with van der Waals surface area (Å²) in [6.07, 6.45) is -3.05. The number of thiophene rings is 1. The van der Waals surface area contributed by atoms with E-state index in [0.717, 1.165) is 6.07 Å². The molecule has 0 aliphatic carbocycles. The lowest BCUT2D eigenvalue weighted by Crippen LogP contribution is -2.13. The Morgan fingerprint density at radius 3 is 2.62 bits per heavy atom. The van der Waals surface area contributed by atoms with Gasteiger partial charge in [-0.25, -0.2) is 0 Å². The fraction of sp³-hybridized carbons (Fsp3) is 0.125. The Balaban J connectivity index is 2.03. The van der Waals surface area contributed by atoms with E-state index in [1.807, 2.05) is 0 Å². The van der Waals surface area contributed by atoms with Crippen molar-refractivity contribution in [1.82, 2.24) is 9.78 Å². The quantitative estimate of drug-likeness (QED) is 0.759. The summed E-state index contributed by atoms with van der Waals surface area (Å²) in [7, 11) is 1.58. The lowest BCUT2D eigenvalue weighted by Gasteiger charge is -2.12. The second-order valence-electron chi connectivity index (χ2n) is 5.07. The van der Waals surface area contributed by atoms with E-state index in [9.17, 15) is 18.0 Å². The molecule has 3 aromatic rings. The van der Waals surface area contributed by atoms with Crippen LogP contribution in [0, 0.1) is 0 Å². The number of alkyl halides is 3. The molecule has 0 fully saturated rings. The smallest absolute Gasteiger partial charge is 0.305 e. The van der Waals surface area contributed by atoms with Crippen molar-refractivity contribution in [1.29, 1.82) is 0 Å². The van der Waals surface area contributed by atoms with E-state index in [-0.39, 0.29) is 16.9 Å². The largest absolute Gasteiger partial charge is 0.417 e. The number of hydrogen-bond donors (Lipinski definition) is 1. The Labute approximate surface area is 139 Å². The lowest BCUT2D eigenvalue weighted by atomic mass is 10.0. The SMILES string of the molecule is Cn1cc(-c2ccccc2C(F)(F)F)c(NC(=O)c2ccsc2)n1. The van der Waals surface area contributed by atoms with Crippen molar-refractivity contribution in [3.05, 3.63) is 58.4 Å². The van der Waals surface area contributed by atoms with Gasteiger partial charge < -0.3 is 5.32 Å². The van der Waals surface area contributed by atoms with Gasteiger partial charge in [-0.3, -0.25) is 9.48 Å². The second kappa shape index (κ2) is 6.12. The average Bonchev–Trinajstić information content (AvgIpc) is 3.16. The van der Waals surface area contributed by atoms with Crippen molar-refractivity contribution < 1.29 is 18.0 Å². The zero-order valence-electron chi connectivity index (χ0n) is 12.5. The van der Waals surface area contributed by atoms with Crippen molar-refractivity contribution >= 4 is 23.1 Å². The van der Waals surface area contributed by atoms with E-state index in [0.29, 0.717) is 5.56 Å². The normalized spacial score (nSPS) is 11.5. The predicted octanol–water partition coefficient (Wildman–Crippen LogP) is 4.42. The van der Waals surface area contributed by atoms with Gasteiger partial charge in [0.15, 0.2) is 5.82 Å². The number of nitrogens with one attached hydrogen (secondary N) is 1. The zero-order valence-corrected chi connectivity index (χ0v) is 13.3. The monoisotopic (exact) mass is 351 g/mol. The summed E-state index contributed by atoms with van der Waals surface area (Å²) in [6.45, 7) is 0. The standard InChI is InChI=1S/C16H12F3N3OS/c1-22-8-12(11-4-2-3-5-13(11)16(17,18)19)14(21-22)20-15(23)10-6-7-24-9-10/h2-9H,1H3,(H,20,21,23). The molecule has 3 rings (SSSR count). The third kappa shape index (κ3) is 3.18. The number of carbonyl (C=O) groups excluding carboxylic acids is 1. The molecular formula is C16H12F3N3OS. The maximum Gasteiger partial charge on any atom is 0.417 e. The molecule has 0 saturated carbocycles. The number of rotatable bonds is 3. The van der Waals surface area contributed by atoms with E-state index in [2.05, 4.69) is 10.4 Å². The Morgan fingerprint density at radius 2 is 1.96 bits per heavy atom. The van der Waals surface area contributed by atoms with Gasteiger partial charge in [0, 0.05) is 24.2 Å². The molecule has 0 bridgehead atoms. The van der Waals surface area contributed by atoms with Gasteiger partial charge in [0.1, 0.15) is 0 Å². The van der Waals surface area contributed by atoms with Gasteiger partial charge in [0.05, 0.1) is 11.1 Å². The first-order valence-electron chi connectivity index (χ1n) is 6.90. The molecule has 0 atom stereocenters. The summed E-state index contributed by atoms with van der Waals surface area (Å²) in [5, 5.41) is 10.1. The average molecular weight is 351 g/mol. The number of aryl methyl sites for hydroxylation is 1. The maximum atomic E-state index is 13.2. The third-order valence-corrected chi connectivity index (χ3v) is 4.05. The summed E-state index contributed by atoms with van der Waals surface area (Å²) < 4.78 is 41.1. The topological polar surface area (TPSA) is 46.9 Å². The van der Waals surface area contributed by atoms with Crippen LogP contribution in [0.25, 0.3) is 11.1 Å². The molecule has 2 heterocycles. The van der Waals surface area contributed by atoms with Gasteiger partial charge in [-0.05, 0) is 23.1 Å². The van der Waals surface area contributed by atoms with Crippen LogP contribution in [0.15, 0.2) is 47.3 Å². The number of halogens is 3. The van der Waals surface area contributed by atoms with Crippen LogP contribution in [0.3, 0.4) is 0 Å². The number of benzene rings is 1. The van der Waals surface area contributed by atoms with E-state index in [1.54, 1.807) is 23.9 Å². The van der Waals surface area contributed by atoms with Gasteiger partial charge in [-0.15, -0.1) is 0 Å². The number of aromatic nitrogens is 2. The number of hydrogen-bond acceptors (Lipinski definition) is 3. The minimum Gasteiger partial charge on any atom is -0.305 e. The Bertz CT molecular complexity index is 869. The molecule has 1 amide bonds. The molecule has 8 heteroatoms. The van der Waals surface area contributed by atoms with Gasteiger partial charge in [-0.2, -0.15) is 29.6 Å². The molecule has 0 saturated heterocycles. The zero-order chi connectivity index (χ0) is 17.3. The summed E-state index contributed by atoms with van der Waals surface area (Å²) in [4.78, 5) is 12.2. The van der Waals surface area contributed by atoms with Crippen LogP contribution >= 0.6 is 11.3 Å². The molecule has 0 aliphatic heterocycles. The van der Waals surface area contributed by atoms with Gasteiger partial charge >= 0.3 is 6.18 Å². The number of amides is 1. The molecule has 0 radical (unpaired) electrons. The molecule has 24 heavy (non-hydrogen) atoms. The second-order valence-corrected chi connectivity index (χ2v) is 5.85. The first-order chi connectivity index (χ1) is 11.4. The Morgan fingerprint density at radius 1 is 1.21 bits per heavy atom. The first kappa shape index (κ1) is 16.3. The fourth-order valence-corrected chi connectivity index (χ4v) is 2.95. The van der Waals surface area contributed by atoms with Gasteiger partial charge in [0.25, 0.3) is 5.91 Å². The highest BCUT2D eigenvalue weighted by Crippen LogP contribution is 2.39. The number of carbonyl (C=O) groups is 1. The van der Waals surface area contributed by atoms with Crippen LogP contribution in [-0.2, 0) is 13.2 Å². The van der Waals surface area contributed by atoms with E-state index in [1.165, 1.54) is 40.4 Å². The molecule has 0 unspecified atom stereocenters. The van der Waals surface area contributed by atoms with Crippen molar-refractivity contribution in [3.63, 3.8) is 0 Å². The highest BCUT2D eigenvalue weighted by molar-refractivity contribution is 7.08. The molecule has 0 aliphatic rings. The van der Waals surface area contributed by atoms with E-state index in [4.69, 9.17) is 0 Å². The van der Waals surface area contributed by atoms with Crippen molar-refractivity contribution in [3.8, 4) is 11.1 Å². The molecular weight excluding hydrogens is 339 g/mol. The summed E-state index contributed by atoms with van der Waals surface area (Å²) >= 11 is 1.35. The number of anilines is 1. The van der Waals surface area contributed by atoms with Crippen molar-refractivity contribution in [2.45, 2.75) is 6.18 Å². The summed E-state index contributed by atoms with van der Waals surface area (Å²) in [6, 6.07) is 6.84. The van der Waals surface area contributed by atoms with Crippen LogP contribution in [0.1, 0.15) is 15.9 Å². The minimum absolute atomic E-state index is 0.0290. The highest BCUT2D eigenvalue weighted by atomic mass is 32.1. The van der Waals surface area contributed by atoms with Crippen molar-refractivity contribution in [2.24, 2.45) is 7.05 Å². The Hall–Kier alpha value is -2.61. The Kier molecular flexibility index (Phi) is 4.15. The maximum absolute atomic E-state index is 13.2. The van der Waals surface area contributed by atoms with Crippen LogP contribution in [0.5, 0.6) is 0 Å².